The summed E-state index contributed by atoms with van der Waals surface area (Å²) in [5.41, 5.74) is 0.858. The average Bonchev–Trinajstić information content (AvgIpc) is 2.93. The molecule has 0 saturated carbocycles. The SMILES string of the molecule is O=S(=O)(NC1CCOc2ccccc21)c1ccn[nH]1. The zero-order valence-corrected chi connectivity index (χ0v) is 10.9. The lowest BCUT2D eigenvalue weighted by molar-refractivity contribution is 0.263. The van der Waals surface area contributed by atoms with Crippen molar-refractivity contribution in [1.82, 2.24) is 14.9 Å². The number of ether oxygens (including phenoxy) is 1. The predicted octanol–water partition coefficient (Wildman–Crippen LogP) is 1.21. The summed E-state index contributed by atoms with van der Waals surface area (Å²) in [5.74, 6) is 0.728. The Bertz CT molecular complexity index is 667. The molecule has 1 unspecified atom stereocenters. The van der Waals surface area contributed by atoms with Crippen LogP contribution < -0.4 is 9.46 Å². The van der Waals surface area contributed by atoms with Crippen molar-refractivity contribution in [3.63, 3.8) is 0 Å². The van der Waals surface area contributed by atoms with Gasteiger partial charge in [-0.1, -0.05) is 18.2 Å². The highest BCUT2D eigenvalue weighted by atomic mass is 32.2. The van der Waals surface area contributed by atoms with Crippen molar-refractivity contribution in [1.29, 1.82) is 0 Å². The van der Waals surface area contributed by atoms with Gasteiger partial charge in [0, 0.05) is 12.0 Å². The molecule has 1 aliphatic rings. The molecule has 2 N–H and O–H groups in total. The molecule has 1 atom stereocenters. The van der Waals surface area contributed by atoms with Crippen molar-refractivity contribution >= 4 is 10.0 Å². The van der Waals surface area contributed by atoms with Gasteiger partial charge in [-0.2, -0.15) is 5.10 Å². The van der Waals surface area contributed by atoms with Gasteiger partial charge in [0.05, 0.1) is 18.8 Å². The minimum Gasteiger partial charge on any atom is -0.493 e. The first kappa shape index (κ1) is 12.2. The Morgan fingerprint density at radius 2 is 2.16 bits per heavy atom. The molecule has 6 nitrogen and oxygen atoms in total. The van der Waals surface area contributed by atoms with Gasteiger partial charge in [-0.15, -0.1) is 0 Å². The molecule has 100 valence electrons. The summed E-state index contributed by atoms with van der Waals surface area (Å²) in [6.45, 7) is 0.493. The van der Waals surface area contributed by atoms with Crippen molar-refractivity contribution in [2.24, 2.45) is 0 Å². The van der Waals surface area contributed by atoms with E-state index in [-0.39, 0.29) is 11.1 Å². The van der Waals surface area contributed by atoms with Crippen LogP contribution >= 0.6 is 0 Å². The van der Waals surface area contributed by atoms with E-state index in [4.69, 9.17) is 4.74 Å². The first-order valence-electron chi connectivity index (χ1n) is 5.90. The molecule has 1 aromatic heterocycles. The maximum atomic E-state index is 12.1. The van der Waals surface area contributed by atoms with Crippen LogP contribution in [0.3, 0.4) is 0 Å². The van der Waals surface area contributed by atoms with Crippen molar-refractivity contribution in [3.05, 3.63) is 42.1 Å². The number of hydrogen-bond acceptors (Lipinski definition) is 4. The number of sulfonamides is 1. The number of H-pyrrole nitrogens is 1. The van der Waals surface area contributed by atoms with E-state index in [2.05, 4.69) is 14.9 Å². The Labute approximate surface area is 110 Å². The molecule has 1 aliphatic heterocycles. The Morgan fingerprint density at radius 1 is 1.32 bits per heavy atom. The van der Waals surface area contributed by atoms with E-state index < -0.39 is 10.0 Å². The van der Waals surface area contributed by atoms with Gasteiger partial charge < -0.3 is 4.74 Å². The number of fused-ring (bicyclic) bond motifs is 1. The Morgan fingerprint density at radius 3 is 2.95 bits per heavy atom. The molecule has 2 heterocycles. The van der Waals surface area contributed by atoms with Crippen LogP contribution in [0.2, 0.25) is 0 Å². The lowest BCUT2D eigenvalue weighted by Crippen LogP contribution is -2.32. The maximum absolute atomic E-state index is 12.1. The molecule has 1 aromatic carbocycles. The number of para-hydroxylation sites is 1. The molecule has 2 aromatic rings. The van der Waals surface area contributed by atoms with E-state index in [0.717, 1.165) is 11.3 Å². The zero-order valence-electron chi connectivity index (χ0n) is 10.0. The average molecular weight is 279 g/mol. The highest BCUT2D eigenvalue weighted by Crippen LogP contribution is 2.32. The number of hydrogen-bond donors (Lipinski definition) is 2. The smallest absolute Gasteiger partial charge is 0.258 e. The second-order valence-corrected chi connectivity index (χ2v) is 5.95. The number of nitrogens with one attached hydrogen (secondary N) is 2. The predicted molar refractivity (Wildman–Crippen MR) is 68.2 cm³/mol. The third kappa shape index (κ3) is 2.34. The van der Waals surface area contributed by atoms with E-state index in [9.17, 15) is 8.42 Å². The highest BCUT2D eigenvalue weighted by Gasteiger charge is 2.27. The summed E-state index contributed by atoms with van der Waals surface area (Å²) < 4.78 is 32.5. The molecular weight excluding hydrogens is 266 g/mol. The van der Waals surface area contributed by atoms with Crippen LogP contribution in [0.25, 0.3) is 0 Å². The maximum Gasteiger partial charge on any atom is 0.258 e. The quantitative estimate of drug-likeness (QED) is 0.884. The molecule has 0 radical (unpaired) electrons. The lowest BCUT2D eigenvalue weighted by atomic mass is 10.0. The monoisotopic (exact) mass is 279 g/mol. The molecule has 19 heavy (non-hydrogen) atoms. The van der Waals surface area contributed by atoms with Crippen LogP contribution in [0, 0.1) is 0 Å². The molecule has 0 amide bonds. The van der Waals surface area contributed by atoms with E-state index in [0.29, 0.717) is 13.0 Å². The summed E-state index contributed by atoms with van der Waals surface area (Å²) in [4.78, 5) is 0. The van der Waals surface area contributed by atoms with Gasteiger partial charge in [-0.25, -0.2) is 13.1 Å². The number of aromatic amines is 1. The minimum absolute atomic E-state index is 0.0662. The van der Waals surface area contributed by atoms with Crippen molar-refractivity contribution in [2.75, 3.05) is 6.61 Å². The zero-order chi connectivity index (χ0) is 13.3. The third-order valence-electron chi connectivity index (χ3n) is 3.02. The largest absolute Gasteiger partial charge is 0.493 e. The molecule has 7 heteroatoms. The van der Waals surface area contributed by atoms with Crippen molar-refractivity contribution in [2.45, 2.75) is 17.5 Å². The van der Waals surface area contributed by atoms with Crippen LogP contribution in [0.15, 0.2) is 41.6 Å². The van der Waals surface area contributed by atoms with Gasteiger partial charge in [-0.05, 0) is 12.1 Å². The summed E-state index contributed by atoms with van der Waals surface area (Å²) in [6.07, 6.45) is 2.01. The van der Waals surface area contributed by atoms with Crippen LogP contribution in [-0.4, -0.2) is 25.2 Å². The molecule has 0 aliphatic carbocycles. The number of nitrogens with zero attached hydrogens (tertiary/aromatic N) is 1. The van der Waals surface area contributed by atoms with Gasteiger partial charge in [-0.3, -0.25) is 5.10 Å². The summed E-state index contributed by atoms with van der Waals surface area (Å²) >= 11 is 0. The highest BCUT2D eigenvalue weighted by molar-refractivity contribution is 7.89. The van der Waals surface area contributed by atoms with Gasteiger partial charge in [0.15, 0.2) is 5.03 Å². The molecule has 3 rings (SSSR count). The molecule has 0 spiro atoms. The van der Waals surface area contributed by atoms with E-state index in [1.807, 2.05) is 24.3 Å². The van der Waals surface area contributed by atoms with Crippen LogP contribution in [0.4, 0.5) is 0 Å². The molecule has 0 fully saturated rings. The molecule has 0 saturated heterocycles. The Hall–Kier alpha value is -1.86. The standard InChI is InChI=1S/C12H13N3O3S/c16-19(17,12-5-7-13-14-12)15-10-6-8-18-11-4-2-1-3-9(10)11/h1-5,7,10,15H,6,8H2,(H,13,14). The third-order valence-corrected chi connectivity index (χ3v) is 4.42. The van der Waals surface area contributed by atoms with Crippen molar-refractivity contribution < 1.29 is 13.2 Å². The number of aromatic nitrogens is 2. The first-order valence-corrected chi connectivity index (χ1v) is 7.38. The number of benzene rings is 1. The van der Waals surface area contributed by atoms with E-state index in [1.165, 1.54) is 12.3 Å². The second kappa shape index (κ2) is 4.67. The van der Waals surface area contributed by atoms with E-state index >= 15 is 0 Å². The number of rotatable bonds is 3. The minimum atomic E-state index is -3.58. The van der Waals surface area contributed by atoms with Crippen molar-refractivity contribution in [3.8, 4) is 5.75 Å². The lowest BCUT2D eigenvalue weighted by Gasteiger charge is -2.26. The first-order chi connectivity index (χ1) is 9.17. The van der Waals surface area contributed by atoms with Gasteiger partial charge in [0.1, 0.15) is 5.75 Å². The summed E-state index contributed by atoms with van der Waals surface area (Å²) in [7, 11) is -3.58. The topological polar surface area (TPSA) is 84.1 Å². The fourth-order valence-corrected chi connectivity index (χ4v) is 3.27. The van der Waals surface area contributed by atoms with Gasteiger partial charge in [0.2, 0.25) is 0 Å². The summed E-state index contributed by atoms with van der Waals surface area (Å²) in [5, 5.41) is 6.18. The van der Waals surface area contributed by atoms with E-state index in [1.54, 1.807) is 0 Å². The molecule has 0 bridgehead atoms. The van der Waals surface area contributed by atoms with Gasteiger partial charge in [0.25, 0.3) is 10.0 Å². The normalized spacial score (nSPS) is 18.6. The summed E-state index contributed by atoms with van der Waals surface area (Å²) in [6, 6.07) is 8.59. The van der Waals surface area contributed by atoms with Crippen LogP contribution in [-0.2, 0) is 10.0 Å². The van der Waals surface area contributed by atoms with Crippen LogP contribution in [0.1, 0.15) is 18.0 Å². The van der Waals surface area contributed by atoms with Gasteiger partial charge >= 0.3 is 0 Å². The fraction of sp³-hybridized carbons (Fsp3) is 0.250. The Balaban J connectivity index is 1.90. The van der Waals surface area contributed by atoms with Crippen LogP contribution in [0.5, 0.6) is 5.75 Å². The molecular formula is C12H13N3O3S. The fourth-order valence-electron chi connectivity index (χ4n) is 2.11. The Kier molecular flexibility index (Phi) is 3.00. The second-order valence-electron chi connectivity index (χ2n) is 4.27.